The van der Waals surface area contributed by atoms with Crippen LogP contribution in [0.4, 0.5) is 0 Å². The number of amides is 1. The van der Waals surface area contributed by atoms with E-state index in [1.165, 1.54) is 11.1 Å². The molecule has 0 aromatic heterocycles. The number of nitrogens with zero attached hydrogens (tertiary/aromatic N) is 1. The van der Waals surface area contributed by atoms with Crippen molar-refractivity contribution in [2.24, 2.45) is 0 Å². The lowest BCUT2D eigenvalue weighted by Gasteiger charge is -2.17. The summed E-state index contributed by atoms with van der Waals surface area (Å²) in [4.78, 5) is 14.2. The summed E-state index contributed by atoms with van der Waals surface area (Å²) in [7, 11) is 1.85. The molecular formula is C19H23NO. The van der Waals surface area contributed by atoms with E-state index in [1.807, 2.05) is 31.3 Å². The van der Waals surface area contributed by atoms with Gasteiger partial charge in [-0.2, -0.15) is 0 Å². The van der Waals surface area contributed by atoms with Crippen LogP contribution < -0.4 is 0 Å². The Bertz CT molecular complexity index is 584. The molecule has 0 heterocycles. The lowest BCUT2D eigenvalue weighted by Crippen LogP contribution is -2.26. The molecule has 0 fully saturated rings. The molecule has 2 rings (SSSR count). The van der Waals surface area contributed by atoms with Gasteiger partial charge in [0.25, 0.3) is 5.91 Å². The largest absolute Gasteiger partial charge is 0.337 e. The van der Waals surface area contributed by atoms with Gasteiger partial charge in [0.2, 0.25) is 0 Å². The zero-order valence-electron chi connectivity index (χ0n) is 13.1. The first-order valence-electron chi connectivity index (χ1n) is 7.56. The Balaban J connectivity index is 2.03. The minimum absolute atomic E-state index is 0.0669. The van der Waals surface area contributed by atoms with Crippen LogP contribution in [-0.4, -0.2) is 17.9 Å². The number of carbonyl (C=O) groups is 1. The number of hydrogen-bond donors (Lipinski definition) is 0. The van der Waals surface area contributed by atoms with Crippen LogP contribution in [0.25, 0.3) is 0 Å². The number of carbonyl (C=O) groups excluding carboxylic acids is 1. The normalized spacial score (nSPS) is 10.4. The topological polar surface area (TPSA) is 20.3 Å². The third-order valence-electron chi connectivity index (χ3n) is 3.81. The lowest BCUT2D eigenvalue weighted by molar-refractivity contribution is 0.0785. The zero-order valence-corrected chi connectivity index (χ0v) is 13.1. The molecule has 2 aromatic carbocycles. The van der Waals surface area contributed by atoms with E-state index < -0.39 is 0 Å². The van der Waals surface area contributed by atoms with Crippen molar-refractivity contribution in [3.8, 4) is 0 Å². The van der Waals surface area contributed by atoms with Gasteiger partial charge in [0.15, 0.2) is 0 Å². The molecule has 1 amide bonds. The second kappa shape index (κ2) is 7.07. The molecular weight excluding hydrogens is 258 g/mol. The third-order valence-corrected chi connectivity index (χ3v) is 3.81. The predicted molar refractivity (Wildman–Crippen MR) is 87.4 cm³/mol. The van der Waals surface area contributed by atoms with Crippen LogP contribution in [0.1, 0.15) is 40.9 Å². The van der Waals surface area contributed by atoms with Crippen molar-refractivity contribution in [3.05, 3.63) is 70.8 Å². The maximum Gasteiger partial charge on any atom is 0.253 e. The van der Waals surface area contributed by atoms with Crippen LogP contribution >= 0.6 is 0 Å². The monoisotopic (exact) mass is 281 g/mol. The predicted octanol–water partition coefficient (Wildman–Crippen LogP) is 4.08. The molecule has 110 valence electrons. The molecule has 0 saturated heterocycles. The summed E-state index contributed by atoms with van der Waals surface area (Å²) < 4.78 is 0. The maximum atomic E-state index is 12.4. The van der Waals surface area contributed by atoms with Crippen molar-refractivity contribution in [2.45, 2.75) is 33.2 Å². The van der Waals surface area contributed by atoms with Crippen molar-refractivity contribution in [3.63, 3.8) is 0 Å². The Morgan fingerprint density at radius 2 is 1.24 bits per heavy atom. The highest BCUT2D eigenvalue weighted by atomic mass is 16.2. The average molecular weight is 281 g/mol. The van der Waals surface area contributed by atoms with E-state index in [4.69, 9.17) is 0 Å². The smallest absolute Gasteiger partial charge is 0.253 e. The van der Waals surface area contributed by atoms with E-state index in [-0.39, 0.29) is 5.91 Å². The first-order chi connectivity index (χ1) is 10.1. The van der Waals surface area contributed by atoms with E-state index >= 15 is 0 Å². The van der Waals surface area contributed by atoms with Crippen molar-refractivity contribution in [1.29, 1.82) is 0 Å². The molecule has 2 heteroatoms. The highest BCUT2D eigenvalue weighted by Gasteiger charge is 2.11. The van der Waals surface area contributed by atoms with Gasteiger partial charge in [-0.1, -0.05) is 50.2 Å². The van der Waals surface area contributed by atoms with Crippen LogP contribution in [0.15, 0.2) is 48.5 Å². The van der Waals surface area contributed by atoms with Crippen LogP contribution in [-0.2, 0) is 19.4 Å². The fourth-order valence-corrected chi connectivity index (χ4v) is 2.33. The fraction of sp³-hybridized carbons (Fsp3) is 0.316. The molecule has 0 bridgehead atoms. The summed E-state index contributed by atoms with van der Waals surface area (Å²) in [5, 5.41) is 0. The third kappa shape index (κ3) is 3.94. The Morgan fingerprint density at radius 1 is 0.810 bits per heavy atom. The number of aryl methyl sites for hydroxylation is 2. The van der Waals surface area contributed by atoms with Crippen molar-refractivity contribution in [2.75, 3.05) is 7.05 Å². The molecule has 0 N–H and O–H groups in total. The summed E-state index contributed by atoms with van der Waals surface area (Å²) in [5.74, 6) is 0.0669. The minimum Gasteiger partial charge on any atom is -0.337 e. The Labute approximate surface area is 127 Å². The Morgan fingerprint density at radius 3 is 1.71 bits per heavy atom. The van der Waals surface area contributed by atoms with Gasteiger partial charge < -0.3 is 4.90 Å². The molecule has 2 nitrogen and oxygen atoms in total. The summed E-state index contributed by atoms with van der Waals surface area (Å²) >= 11 is 0. The first kappa shape index (κ1) is 15.3. The quantitative estimate of drug-likeness (QED) is 0.808. The van der Waals surface area contributed by atoms with Crippen molar-refractivity contribution in [1.82, 2.24) is 4.90 Å². The summed E-state index contributed by atoms with van der Waals surface area (Å²) in [6.45, 7) is 4.89. The zero-order chi connectivity index (χ0) is 15.2. The summed E-state index contributed by atoms with van der Waals surface area (Å²) in [6.07, 6.45) is 2.03. The molecule has 0 atom stereocenters. The second-order valence-corrected chi connectivity index (χ2v) is 5.38. The van der Waals surface area contributed by atoms with Crippen LogP contribution in [0.3, 0.4) is 0 Å². The van der Waals surface area contributed by atoms with Gasteiger partial charge in [0.1, 0.15) is 0 Å². The summed E-state index contributed by atoms with van der Waals surface area (Å²) in [6, 6.07) is 16.3. The maximum absolute atomic E-state index is 12.4. The molecule has 0 saturated carbocycles. The van der Waals surface area contributed by atoms with Crippen molar-refractivity contribution < 1.29 is 4.79 Å². The van der Waals surface area contributed by atoms with Crippen LogP contribution in [0, 0.1) is 0 Å². The minimum atomic E-state index is 0.0669. The SMILES string of the molecule is CCc1ccc(CN(C)C(=O)c2ccc(CC)cc2)cc1. The summed E-state index contributed by atoms with van der Waals surface area (Å²) in [5.41, 5.74) is 4.49. The first-order valence-corrected chi connectivity index (χ1v) is 7.56. The van der Waals surface area contributed by atoms with E-state index in [2.05, 4.69) is 38.1 Å². The molecule has 21 heavy (non-hydrogen) atoms. The Kier molecular flexibility index (Phi) is 5.15. The average Bonchev–Trinajstić information content (AvgIpc) is 2.55. The van der Waals surface area contributed by atoms with E-state index in [0.29, 0.717) is 6.54 Å². The van der Waals surface area contributed by atoms with Gasteiger partial charge in [0, 0.05) is 19.2 Å². The lowest BCUT2D eigenvalue weighted by atomic mass is 10.1. The van der Waals surface area contributed by atoms with Gasteiger partial charge in [-0.05, 0) is 41.7 Å². The van der Waals surface area contributed by atoms with E-state index in [9.17, 15) is 4.79 Å². The van der Waals surface area contributed by atoms with Gasteiger partial charge in [0.05, 0.1) is 0 Å². The van der Waals surface area contributed by atoms with Crippen molar-refractivity contribution >= 4 is 5.91 Å². The number of rotatable bonds is 5. The highest BCUT2D eigenvalue weighted by Crippen LogP contribution is 2.11. The second-order valence-electron chi connectivity index (χ2n) is 5.38. The van der Waals surface area contributed by atoms with Gasteiger partial charge in [-0.15, -0.1) is 0 Å². The van der Waals surface area contributed by atoms with Crippen LogP contribution in [0.2, 0.25) is 0 Å². The molecule has 0 radical (unpaired) electrons. The molecule has 2 aromatic rings. The van der Waals surface area contributed by atoms with E-state index in [0.717, 1.165) is 24.0 Å². The fourth-order valence-electron chi connectivity index (χ4n) is 2.33. The standard InChI is InChI=1S/C19H23NO/c1-4-15-6-8-17(9-7-15)14-20(3)19(21)18-12-10-16(5-2)11-13-18/h6-13H,4-5,14H2,1-3H3. The molecule has 0 unspecified atom stereocenters. The molecule has 0 spiro atoms. The van der Waals surface area contributed by atoms with Gasteiger partial charge >= 0.3 is 0 Å². The number of hydrogen-bond acceptors (Lipinski definition) is 1. The van der Waals surface area contributed by atoms with Gasteiger partial charge in [-0.25, -0.2) is 0 Å². The molecule has 0 aliphatic heterocycles. The highest BCUT2D eigenvalue weighted by molar-refractivity contribution is 5.94. The molecule has 0 aliphatic carbocycles. The molecule has 0 aliphatic rings. The number of benzene rings is 2. The van der Waals surface area contributed by atoms with Gasteiger partial charge in [-0.3, -0.25) is 4.79 Å². The van der Waals surface area contributed by atoms with E-state index in [1.54, 1.807) is 4.90 Å². The Hall–Kier alpha value is -2.09. The van der Waals surface area contributed by atoms with Crippen LogP contribution in [0.5, 0.6) is 0 Å².